The third-order valence-corrected chi connectivity index (χ3v) is 5.88. The third kappa shape index (κ3) is 2.82. The molecule has 2 aromatic rings. The first-order valence-electron chi connectivity index (χ1n) is 7.23. The van der Waals surface area contributed by atoms with Crippen molar-refractivity contribution in [2.45, 2.75) is 31.1 Å². The van der Waals surface area contributed by atoms with E-state index in [4.69, 9.17) is 34.8 Å². The summed E-state index contributed by atoms with van der Waals surface area (Å²) >= 11 is 19.0. The molecule has 0 saturated carbocycles. The van der Waals surface area contributed by atoms with E-state index in [2.05, 4.69) is 30.3 Å². The standard InChI is InChI=1S/C18H17Cl3/c19-12-18(11-14-6-3-9-16(20)17(14)21)10-4-7-13-5-1-2-8-15(13)18/h1-3,5-6,8-9H,4,7,10-12H2. The van der Waals surface area contributed by atoms with Crippen LogP contribution in [0.25, 0.3) is 0 Å². The van der Waals surface area contributed by atoms with Crippen molar-refractivity contribution in [3.8, 4) is 0 Å². The summed E-state index contributed by atoms with van der Waals surface area (Å²) in [5, 5.41) is 1.27. The zero-order valence-corrected chi connectivity index (χ0v) is 14.0. The van der Waals surface area contributed by atoms with Crippen LogP contribution < -0.4 is 0 Å². The summed E-state index contributed by atoms with van der Waals surface area (Å²) in [6.45, 7) is 0. The Labute approximate surface area is 141 Å². The fourth-order valence-electron chi connectivity index (χ4n) is 3.43. The predicted molar refractivity (Wildman–Crippen MR) is 91.9 cm³/mol. The Morgan fingerprint density at radius 2 is 1.81 bits per heavy atom. The van der Waals surface area contributed by atoms with Crippen molar-refractivity contribution < 1.29 is 0 Å². The Hall–Kier alpha value is -0.690. The molecule has 3 heteroatoms. The van der Waals surface area contributed by atoms with Crippen molar-refractivity contribution in [2.75, 3.05) is 5.88 Å². The van der Waals surface area contributed by atoms with Crippen molar-refractivity contribution in [3.63, 3.8) is 0 Å². The zero-order valence-electron chi connectivity index (χ0n) is 11.7. The average Bonchev–Trinajstić information content (AvgIpc) is 2.52. The van der Waals surface area contributed by atoms with Gasteiger partial charge in [-0.3, -0.25) is 0 Å². The molecule has 21 heavy (non-hydrogen) atoms. The molecule has 1 aliphatic carbocycles. The molecule has 0 aliphatic heterocycles. The molecular formula is C18H17Cl3. The van der Waals surface area contributed by atoms with Crippen molar-refractivity contribution in [1.29, 1.82) is 0 Å². The molecule has 1 aliphatic rings. The van der Waals surface area contributed by atoms with Crippen LogP contribution in [0, 0.1) is 0 Å². The molecule has 0 bridgehead atoms. The second kappa shape index (κ2) is 6.20. The monoisotopic (exact) mass is 338 g/mol. The molecule has 0 aromatic heterocycles. The van der Waals surface area contributed by atoms with Gasteiger partial charge in [-0.25, -0.2) is 0 Å². The lowest BCUT2D eigenvalue weighted by molar-refractivity contribution is 0.396. The number of rotatable bonds is 3. The van der Waals surface area contributed by atoms with Crippen LogP contribution in [0.5, 0.6) is 0 Å². The van der Waals surface area contributed by atoms with Crippen LogP contribution in [-0.4, -0.2) is 5.88 Å². The van der Waals surface area contributed by atoms with Gasteiger partial charge in [-0.05, 0) is 48.4 Å². The largest absolute Gasteiger partial charge is 0.126 e. The van der Waals surface area contributed by atoms with Gasteiger partial charge in [-0.1, -0.05) is 59.6 Å². The van der Waals surface area contributed by atoms with Crippen LogP contribution in [0.2, 0.25) is 10.0 Å². The maximum absolute atomic E-state index is 6.43. The van der Waals surface area contributed by atoms with Crippen LogP contribution in [-0.2, 0) is 18.3 Å². The van der Waals surface area contributed by atoms with E-state index in [0.29, 0.717) is 15.9 Å². The highest BCUT2D eigenvalue weighted by molar-refractivity contribution is 6.42. The molecule has 0 nitrogen and oxygen atoms in total. The van der Waals surface area contributed by atoms with Crippen molar-refractivity contribution in [2.24, 2.45) is 0 Å². The van der Waals surface area contributed by atoms with Gasteiger partial charge in [-0.2, -0.15) is 0 Å². The average molecular weight is 340 g/mol. The molecular weight excluding hydrogens is 323 g/mol. The lowest BCUT2D eigenvalue weighted by atomic mass is 9.68. The first-order valence-corrected chi connectivity index (χ1v) is 8.52. The summed E-state index contributed by atoms with van der Waals surface area (Å²) in [5.74, 6) is 0.604. The summed E-state index contributed by atoms with van der Waals surface area (Å²) in [6.07, 6.45) is 4.24. The fourth-order valence-corrected chi connectivity index (χ4v) is 4.19. The quantitative estimate of drug-likeness (QED) is 0.597. The van der Waals surface area contributed by atoms with Gasteiger partial charge in [0.1, 0.15) is 0 Å². The third-order valence-electron chi connectivity index (χ3n) is 4.51. The number of fused-ring (bicyclic) bond motifs is 1. The Kier molecular flexibility index (Phi) is 4.49. The first kappa shape index (κ1) is 15.2. The zero-order chi connectivity index (χ0) is 14.9. The van der Waals surface area contributed by atoms with E-state index in [9.17, 15) is 0 Å². The molecule has 0 amide bonds. The lowest BCUT2D eigenvalue weighted by Gasteiger charge is -2.38. The topological polar surface area (TPSA) is 0 Å². The molecule has 0 saturated heterocycles. The summed E-state index contributed by atoms with van der Waals surface area (Å²) in [7, 11) is 0. The van der Waals surface area contributed by atoms with E-state index in [1.54, 1.807) is 0 Å². The molecule has 1 unspecified atom stereocenters. The Bertz CT molecular complexity index is 651. The minimum Gasteiger partial charge on any atom is -0.126 e. The van der Waals surface area contributed by atoms with Crippen LogP contribution in [0.3, 0.4) is 0 Å². The van der Waals surface area contributed by atoms with Gasteiger partial charge >= 0.3 is 0 Å². The van der Waals surface area contributed by atoms with E-state index in [1.165, 1.54) is 17.5 Å². The van der Waals surface area contributed by atoms with Crippen molar-refractivity contribution in [3.05, 3.63) is 69.2 Å². The molecule has 110 valence electrons. The summed E-state index contributed by atoms with van der Waals surface area (Å²) in [5.41, 5.74) is 3.84. The molecule has 1 atom stereocenters. The summed E-state index contributed by atoms with van der Waals surface area (Å²) in [6, 6.07) is 14.5. The highest BCUT2D eigenvalue weighted by Crippen LogP contribution is 2.42. The number of hydrogen-bond acceptors (Lipinski definition) is 0. The number of halogens is 3. The van der Waals surface area contributed by atoms with Crippen LogP contribution in [0.15, 0.2) is 42.5 Å². The van der Waals surface area contributed by atoms with Crippen LogP contribution in [0.4, 0.5) is 0 Å². The fraction of sp³-hybridized carbons (Fsp3) is 0.333. The maximum Gasteiger partial charge on any atom is 0.0624 e. The van der Waals surface area contributed by atoms with E-state index >= 15 is 0 Å². The first-order chi connectivity index (χ1) is 10.2. The van der Waals surface area contributed by atoms with Gasteiger partial charge in [0.15, 0.2) is 0 Å². The molecule has 3 rings (SSSR count). The van der Waals surface area contributed by atoms with E-state index in [-0.39, 0.29) is 5.41 Å². The lowest BCUT2D eigenvalue weighted by Crippen LogP contribution is -2.35. The molecule has 0 radical (unpaired) electrons. The van der Waals surface area contributed by atoms with Gasteiger partial charge < -0.3 is 0 Å². The normalized spacial score (nSPS) is 21.1. The van der Waals surface area contributed by atoms with E-state index in [1.807, 2.05) is 12.1 Å². The van der Waals surface area contributed by atoms with Crippen LogP contribution >= 0.6 is 34.8 Å². The molecule has 2 aromatic carbocycles. The Morgan fingerprint density at radius 3 is 2.62 bits per heavy atom. The Balaban J connectivity index is 2.04. The molecule has 0 spiro atoms. The van der Waals surface area contributed by atoms with Gasteiger partial charge in [0.2, 0.25) is 0 Å². The maximum atomic E-state index is 6.43. The minimum absolute atomic E-state index is 0.0370. The van der Waals surface area contributed by atoms with E-state index in [0.717, 1.165) is 24.8 Å². The molecule has 0 heterocycles. The second-order valence-electron chi connectivity index (χ2n) is 5.81. The van der Waals surface area contributed by atoms with Crippen molar-refractivity contribution in [1.82, 2.24) is 0 Å². The summed E-state index contributed by atoms with van der Waals surface area (Å²) < 4.78 is 0. The van der Waals surface area contributed by atoms with Gasteiger partial charge in [0, 0.05) is 11.3 Å². The van der Waals surface area contributed by atoms with Crippen LogP contribution in [0.1, 0.15) is 29.5 Å². The second-order valence-corrected chi connectivity index (χ2v) is 6.87. The Morgan fingerprint density at radius 1 is 1.00 bits per heavy atom. The predicted octanol–water partition coefficient (Wildman–Crippen LogP) is 6.05. The smallest absolute Gasteiger partial charge is 0.0624 e. The number of hydrogen-bond donors (Lipinski definition) is 0. The van der Waals surface area contributed by atoms with E-state index < -0.39 is 0 Å². The van der Waals surface area contributed by atoms with Gasteiger partial charge in [0.25, 0.3) is 0 Å². The van der Waals surface area contributed by atoms with Gasteiger partial charge in [0.05, 0.1) is 10.0 Å². The highest BCUT2D eigenvalue weighted by Gasteiger charge is 2.36. The van der Waals surface area contributed by atoms with Gasteiger partial charge in [-0.15, -0.1) is 11.6 Å². The minimum atomic E-state index is -0.0370. The number of aryl methyl sites for hydroxylation is 1. The highest BCUT2D eigenvalue weighted by atomic mass is 35.5. The number of benzene rings is 2. The SMILES string of the molecule is ClCC1(Cc2cccc(Cl)c2Cl)CCCc2ccccc21. The molecule has 0 fully saturated rings. The number of alkyl halides is 1. The molecule has 0 N–H and O–H groups in total. The summed E-state index contributed by atoms with van der Waals surface area (Å²) in [4.78, 5) is 0. The van der Waals surface area contributed by atoms with Crippen molar-refractivity contribution >= 4 is 34.8 Å².